The van der Waals surface area contributed by atoms with Crippen LogP contribution in [0.5, 0.6) is 0 Å². The van der Waals surface area contributed by atoms with Gasteiger partial charge in [0.2, 0.25) is 0 Å². The lowest BCUT2D eigenvalue weighted by molar-refractivity contribution is 0.241. The number of aliphatic hydroxyl groups is 1. The maximum Gasteiger partial charge on any atom is 0.0587 e. The van der Waals surface area contributed by atoms with Crippen LogP contribution >= 0.6 is 11.6 Å². The fourth-order valence-corrected chi connectivity index (χ4v) is 2.09. The van der Waals surface area contributed by atoms with Gasteiger partial charge in [0.15, 0.2) is 0 Å². The molecule has 3 heteroatoms. The molecule has 0 aromatic heterocycles. The summed E-state index contributed by atoms with van der Waals surface area (Å²) in [5.41, 5.74) is 2.39. The van der Waals surface area contributed by atoms with Crippen molar-refractivity contribution in [2.45, 2.75) is 19.0 Å². The van der Waals surface area contributed by atoms with Crippen LogP contribution in [0.15, 0.2) is 54.6 Å². The van der Waals surface area contributed by atoms with Gasteiger partial charge in [-0.3, -0.25) is 0 Å². The van der Waals surface area contributed by atoms with Crippen LogP contribution in [0.4, 0.5) is 0 Å². The zero-order chi connectivity index (χ0) is 13.5. The van der Waals surface area contributed by atoms with Gasteiger partial charge in [-0.05, 0) is 29.7 Å². The van der Waals surface area contributed by atoms with E-state index in [9.17, 15) is 5.11 Å². The third-order valence-electron chi connectivity index (χ3n) is 3.05. The number of aliphatic hydroxyl groups excluding tert-OH is 1. The van der Waals surface area contributed by atoms with Crippen LogP contribution in [0.1, 0.15) is 11.1 Å². The molecule has 0 spiro atoms. The smallest absolute Gasteiger partial charge is 0.0587 e. The Morgan fingerprint density at radius 1 is 0.947 bits per heavy atom. The zero-order valence-electron chi connectivity index (χ0n) is 10.7. The van der Waals surface area contributed by atoms with Gasteiger partial charge in [0.1, 0.15) is 0 Å². The van der Waals surface area contributed by atoms with E-state index >= 15 is 0 Å². The predicted octanol–water partition coefficient (Wildman–Crippen LogP) is 3.03. The molecule has 2 rings (SSSR count). The molecule has 2 nitrogen and oxygen atoms in total. The highest BCUT2D eigenvalue weighted by Crippen LogP contribution is 2.10. The van der Waals surface area contributed by atoms with Gasteiger partial charge in [-0.2, -0.15) is 0 Å². The first-order valence-electron chi connectivity index (χ1n) is 6.40. The minimum Gasteiger partial charge on any atom is -0.395 e. The van der Waals surface area contributed by atoms with Gasteiger partial charge in [0, 0.05) is 17.6 Å². The third-order valence-corrected chi connectivity index (χ3v) is 3.31. The molecule has 100 valence electrons. The Morgan fingerprint density at radius 3 is 2.26 bits per heavy atom. The molecule has 0 fully saturated rings. The second-order valence-corrected chi connectivity index (χ2v) is 5.01. The molecule has 0 radical (unpaired) electrons. The fourth-order valence-electron chi connectivity index (χ4n) is 1.96. The van der Waals surface area contributed by atoms with Gasteiger partial charge < -0.3 is 10.4 Å². The number of rotatable bonds is 6. The number of hydrogen-bond donors (Lipinski definition) is 2. The normalized spacial score (nSPS) is 12.3. The summed E-state index contributed by atoms with van der Waals surface area (Å²) in [6.07, 6.45) is 0.824. The molecule has 2 aromatic rings. The summed E-state index contributed by atoms with van der Waals surface area (Å²) in [6.45, 7) is 0.859. The van der Waals surface area contributed by atoms with Crippen LogP contribution in [0.2, 0.25) is 5.02 Å². The molecule has 0 aliphatic carbocycles. The average Bonchev–Trinajstić information content (AvgIpc) is 2.46. The van der Waals surface area contributed by atoms with Crippen molar-refractivity contribution >= 4 is 11.6 Å². The van der Waals surface area contributed by atoms with Crippen LogP contribution in [0.3, 0.4) is 0 Å². The molecular weight excluding hydrogens is 258 g/mol. The first-order valence-corrected chi connectivity index (χ1v) is 6.78. The van der Waals surface area contributed by atoms with Crippen LogP contribution in [0.25, 0.3) is 0 Å². The molecule has 0 aliphatic heterocycles. The highest BCUT2D eigenvalue weighted by molar-refractivity contribution is 6.30. The molecule has 0 saturated carbocycles. The molecule has 2 N–H and O–H groups in total. The van der Waals surface area contributed by atoms with Crippen molar-refractivity contribution in [2.75, 3.05) is 6.61 Å². The van der Waals surface area contributed by atoms with Crippen molar-refractivity contribution in [3.63, 3.8) is 0 Å². The average molecular weight is 276 g/mol. The van der Waals surface area contributed by atoms with E-state index < -0.39 is 0 Å². The third kappa shape index (κ3) is 4.67. The minimum atomic E-state index is 0.0677. The molecule has 0 aliphatic rings. The van der Waals surface area contributed by atoms with E-state index in [4.69, 9.17) is 11.6 Å². The lowest BCUT2D eigenvalue weighted by Gasteiger charge is -2.16. The Morgan fingerprint density at radius 2 is 1.63 bits per heavy atom. The highest BCUT2D eigenvalue weighted by Gasteiger charge is 2.07. The van der Waals surface area contributed by atoms with Crippen molar-refractivity contribution in [3.05, 3.63) is 70.7 Å². The van der Waals surface area contributed by atoms with Gasteiger partial charge in [0.05, 0.1) is 6.61 Å². The Kier molecular flexibility index (Phi) is 5.40. The molecule has 2 aromatic carbocycles. The van der Waals surface area contributed by atoms with Gasteiger partial charge in [-0.15, -0.1) is 0 Å². The minimum absolute atomic E-state index is 0.0677. The molecule has 0 saturated heterocycles. The summed E-state index contributed by atoms with van der Waals surface area (Å²) in [7, 11) is 0. The number of hydrogen-bond acceptors (Lipinski definition) is 2. The SMILES string of the molecule is OC[C@@H](Cc1ccccc1)NCc1ccc(Cl)cc1. The van der Waals surface area contributed by atoms with E-state index in [1.54, 1.807) is 0 Å². The van der Waals surface area contributed by atoms with Crippen LogP contribution in [-0.4, -0.2) is 17.8 Å². The summed E-state index contributed by atoms with van der Waals surface area (Å²) in [5.74, 6) is 0. The molecule has 0 bridgehead atoms. The standard InChI is InChI=1S/C16H18ClNO/c17-15-8-6-14(7-9-15)11-18-16(12-19)10-13-4-2-1-3-5-13/h1-9,16,18-19H,10-12H2/t16-/m1/s1. The quantitative estimate of drug-likeness (QED) is 0.849. The summed E-state index contributed by atoms with van der Waals surface area (Å²) in [5, 5.41) is 13.5. The maximum absolute atomic E-state index is 9.43. The Bertz CT molecular complexity index is 484. The first-order chi connectivity index (χ1) is 9.28. The van der Waals surface area contributed by atoms with Crippen LogP contribution in [-0.2, 0) is 13.0 Å². The molecule has 0 unspecified atom stereocenters. The van der Waals surface area contributed by atoms with E-state index in [-0.39, 0.29) is 12.6 Å². The largest absolute Gasteiger partial charge is 0.395 e. The molecule has 19 heavy (non-hydrogen) atoms. The zero-order valence-corrected chi connectivity index (χ0v) is 11.5. The maximum atomic E-state index is 9.43. The van der Waals surface area contributed by atoms with Crippen molar-refractivity contribution in [1.29, 1.82) is 0 Å². The van der Waals surface area contributed by atoms with E-state index in [0.29, 0.717) is 0 Å². The van der Waals surface area contributed by atoms with Gasteiger partial charge in [-0.25, -0.2) is 0 Å². The van der Waals surface area contributed by atoms with Gasteiger partial charge in [0.25, 0.3) is 0 Å². The molecule has 0 heterocycles. The first kappa shape index (κ1) is 14.1. The van der Waals surface area contributed by atoms with Crippen LogP contribution < -0.4 is 5.32 Å². The van der Waals surface area contributed by atoms with Crippen LogP contribution in [0, 0.1) is 0 Å². The van der Waals surface area contributed by atoms with E-state index in [1.807, 2.05) is 42.5 Å². The van der Waals surface area contributed by atoms with E-state index in [2.05, 4.69) is 17.4 Å². The topological polar surface area (TPSA) is 32.3 Å². The lowest BCUT2D eigenvalue weighted by atomic mass is 10.1. The summed E-state index contributed by atoms with van der Waals surface area (Å²) >= 11 is 5.85. The van der Waals surface area contributed by atoms with Crippen molar-refractivity contribution in [3.8, 4) is 0 Å². The second kappa shape index (κ2) is 7.29. The summed E-state index contributed by atoms with van der Waals surface area (Å²) in [4.78, 5) is 0. The molecular formula is C16H18ClNO. The fraction of sp³-hybridized carbons (Fsp3) is 0.250. The van der Waals surface area contributed by atoms with E-state index in [1.165, 1.54) is 5.56 Å². The van der Waals surface area contributed by atoms with Gasteiger partial charge in [-0.1, -0.05) is 54.1 Å². The Balaban J connectivity index is 1.87. The predicted molar refractivity (Wildman–Crippen MR) is 79.3 cm³/mol. The van der Waals surface area contributed by atoms with Gasteiger partial charge >= 0.3 is 0 Å². The lowest BCUT2D eigenvalue weighted by Crippen LogP contribution is -2.33. The number of nitrogens with one attached hydrogen (secondary N) is 1. The summed E-state index contributed by atoms with van der Waals surface area (Å²) in [6, 6.07) is 18.0. The summed E-state index contributed by atoms with van der Waals surface area (Å²) < 4.78 is 0. The monoisotopic (exact) mass is 275 g/mol. The van der Waals surface area contributed by atoms with Crippen molar-refractivity contribution in [1.82, 2.24) is 5.32 Å². The molecule has 0 amide bonds. The van der Waals surface area contributed by atoms with Crippen molar-refractivity contribution < 1.29 is 5.11 Å². The molecule has 1 atom stereocenters. The Labute approximate surface area is 119 Å². The Hall–Kier alpha value is -1.35. The highest BCUT2D eigenvalue weighted by atomic mass is 35.5. The number of benzene rings is 2. The second-order valence-electron chi connectivity index (χ2n) is 4.58. The van der Waals surface area contributed by atoms with Crippen molar-refractivity contribution in [2.24, 2.45) is 0 Å². The van der Waals surface area contributed by atoms with E-state index in [0.717, 1.165) is 23.6 Å². The number of halogens is 1.